The van der Waals surface area contributed by atoms with Crippen molar-refractivity contribution in [3.05, 3.63) is 76.1 Å². The minimum Gasteiger partial charge on any atom is -0.492 e. The molecule has 7 nitrogen and oxygen atoms in total. The van der Waals surface area contributed by atoms with E-state index in [0.717, 1.165) is 17.0 Å². The van der Waals surface area contributed by atoms with Crippen LogP contribution in [0.2, 0.25) is 5.02 Å². The molecular formula is C23H26ClN5O2. The lowest BCUT2D eigenvalue weighted by Crippen LogP contribution is -2.36. The lowest BCUT2D eigenvalue weighted by Gasteiger charge is -2.15. The molecule has 8 heteroatoms. The molecule has 0 bridgehead atoms. The molecule has 31 heavy (non-hydrogen) atoms. The van der Waals surface area contributed by atoms with E-state index in [1.54, 1.807) is 24.3 Å². The summed E-state index contributed by atoms with van der Waals surface area (Å²) in [6.07, 6.45) is 0. The van der Waals surface area contributed by atoms with Gasteiger partial charge in [0.1, 0.15) is 5.75 Å². The van der Waals surface area contributed by atoms with Gasteiger partial charge in [-0.25, -0.2) is 4.99 Å². The van der Waals surface area contributed by atoms with Crippen LogP contribution in [0, 0.1) is 13.8 Å². The van der Waals surface area contributed by atoms with E-state index in [0.29, 0.717) is 41.1 Å². The van der Waals surface area contributed by atoms with E-state index < -0.39 is 0 Å². The number of aryl methyl sites for hydroxylation is 2. The van der Waals surface area contributed by atoms with Crippen molar-refractivity contribution < 1.29 is 9.53 Å². The van der Waals surface area contributed by atoms with Gasteiger partial charge in [0.05, 0.1) is 24.5 Å². The summed E-state index contributed by atoms with van der Waals surface area (Å²) in [4.78, 5) is 17.5. The number of amides is 1. The topological polar surface area (TPSA) is 80.5 Å². The van der Waals surface area contributed by atoms with Gasteiger partial charge in [0.25, 0.3) is 5.91 Å². The van der Waals surface area contributed by atoms with Gasteiger partial charge < -0.3 is 10.1 Å². The Hall–Kier alpha value is -3.32. The zero-order chi connectivity index (χ0) is 22.4. The average Bonchev–Trinajstić information content (AvgIpc) is 2.99. The highest BCUT2D eigenvalue weighted by Gasteiger charge is 2.14. The van der Waals surface area contributed by atoms with E-state index >= 15 is 0 Å². The molecule has 0 atom stereocenters. The maximum Gasteiger partial charge on any atom is 0.258 e. The van der Waals surface area contributed by atoms with Crippen molar-refractivity contribution in [2.24, 2.45) is 12.0 Å². The van der Waals surface area contributed by atoms with Crippen molar-refractivity contribution in [3.8, 4) is 5.75 Å². The summed E-state index contributed by atoms with van der Waals surface area (Å²) in [6, 6.07) is 14.3. The Bertz CT molecular complexity index is 1110. The van der Waals surface area contributed by atoms with Gasteiger partial charge in [0.15, 0.2) is 0 Å². The third kappa shape index (κ3) is 5.64. The predicted octanol–water partition coefficient (Wildman–Crippen LogP) is 4.49. The Kier molecular flexibility index (Phi) is 7.31. The Morgan fingerprint density at radius 1 is 1.19 bits per heavy atom. The first-order valence-electron chi connectivity index (χ1n) is 9.98. The monoisotopic (exact) mass is 439 g/mol. The molecule has 0 aliphatic rings. The van der Waals surface area contributed by atoms with E-state index in [1.165, 1.54) is 0 Å². The number of carbonyl (C=O) groups excluding carboxylic acids is 1. The fourth-order valence-corrected chi connectivity index (χ4v) is 3.29. The van der Waals surface area contributed by atoms with E-state index in [1.807, 2.05) is 56.8 Å². The molecule has 0 saturated carbocycles. The Labute approximate surface area is 187 Å². The van der Waals surface area contributed by atoms with Crippen LogP contribution in [0.4, 0.5) is 5.69 Å². The quantitative estimate of drug-likeness (QED) is 0.438. The van der Waals surface area contributed by atoms with E-state index in [4.69, 9.17) is 16.3 Å². The molecule has 2 aromatic carbocycles. The third-order valence-corrected chi connectivity index (χ3v) is 5.05. The summed E-state index contributed by atoms with van der Waals surface area (Å²) in [7, 11) is 1.90. The van der Waals surface area contributed by atoms with Crippen LogP contribution in [0.15, 0.2) is 53.5 Å². The van der Waals surface area contributed by atoms with Crippen LogP contribution >= 0.6 is 11.6 Å². The number of nitrogens with zero attached hydrogens (tertiary/aromatic N) is 3. The molecule has 0 fully saturated rings. The molecule has 3 aromatic rings. The van der Waals surface area contributed by atoms with Crippen LogP contribution in [0.1, 0.15) is 34.2 Å². The average molecular weight is 440 g/mol. The Morgan fingerprint density at radius 2 is 1.97 bits per heavy atom. The number of aliphatic imine (C=N–C) groups is 1. The normalized spacial score (nSPS) is 11.3. The maximum atomic E-state index is 12.8. The Morgan fingerprint density at radius 3 is 2.65 bits per heavy atom. The number of rotatable bonds is 6. The van der Waals surface area contributed by atoms with E-state index in [2.05, 4.69) is 20.7 Å². The van der Waals surface area contributed by atoms with Gasteiger partial charge in [0, 0.05) is 28.9 Å². The highest BCUT2D eigenvalue weighted by atomic mass is 35.5. The largest absolute Gasteiger partial charge is 0.492 e. The summed E-state index contributed by atoms with van der Waals surface area (Å²) in [5.74, 6) is 0.658. The lowest BCUT2D eigenvalue weighted by molar-refractivity contribution is 0.0977. The first-order chi connectivity index (χ1) is 14.9. The molecule has 0 aliphatic heterocycles. The molecule has 0 spiro atoms. The summed E-state index contributed by atoms with van der Waals surface area (Å²) in [5, 5.41) is 11.0. The van der Waals surface area contributed by atoms with Gasteiger partial charge in [-0.1, -0.05) is 29.8 Å². The highest BCUT2D eigenvalue weighted by molar-refractivity contribution is 6.31. The van der Waals surface area contributed by atoms with Crippen LogP contribution in [-0.2, 0) is 13.6 Å². The first kappa shape index (κ1) is 22.4. The summed E-state index contributed by atoms with van der Waals surface area (Å²) < 4.78 is 7.51. The van der Waals surface area contributed by atoms with Crippen LogP contribution in [0.3, 0.4) is 0 Å². The second-order valence-electron chi connectivity index (χ2n) is 6.96. The number of carbonyl (C=O) groups is 1. The second-order valence-corrected chi connectivity index (χ2v) is 7.39. The molecule has 0 aliphatic carbocycles. The minimum absolute atomic E-state index is 0.305. The number of benzene rings is 2. The minimum atomic E-state index is -0.317. The zero-order valence-corrected chi connectivity index (χ0v) is 18.8. The number of halogens is 1. The Balaban J connectivity index is 1.90. The number of para-hydroxylation sites is 2. The molecule has 162 valence electrons. The summed E-state index contributed by atoms with van der Waals surface area (Å²) in [6.45, 7) is 6.74. The number of nitrogens with one attached hydrogen (secondary N) is 2. The number of ether oxygens (including phenoxy) is 1. The SMILES string of the molecule is CCOc1ccccc1NC(=NCc1c(C)nn(C)c1C)NC(=O)c1cccc(Cl)c1. The number of hydrogen-bond acceptors (Lipinski definition) is 4. The van der Waals surface area contributed by atoms with Gasteiger partial charge in [-0.15, -0.1) is 0 Å². The summed E-state index contributed by atoms with van der Waals surface area (Å²) in [5.41, 5.74) is 4.08. The number of anilines is 1. The van der Waals surface area contributed by atoms with E-state index in [9.17, 15) is 4.79 Å². The fourth-order valence-electron chi connectivity index (χ4n) is 3.10. The van der Waals surface area contributed by atoms with Crippen LogP contribution in [-0.4, -0.2) is 28.3 Å². The standard InChI is InChI=1S/C23H26ClN5O2/c1-5-31-21-12-7-6-11-20(21)26-23(25-14-19-15(2)28-29(4)16(19)3)27-22(30)17-9-8-10-18(24)13-17/h6-13H,5,14H2,1-4H3,(H2,25,26,27,30). The second kappa shape index (κ2) is 10.1. The fraction of sp³-hybridized carbons (Fsp3) is 0.261. The van der Waals surface area contributed by atoms with E-state index in [-0.39, 0.29) is 5.91 Å². The molecule has 3 rings (SSSR count). The van der Waals surface area contributed by atoms with Gasteiger partial charge in [-0.3, -0.25) is 14.8 Å². The van der Waals surface area contributed by atoms with Gasteiger partial charge in [-0.05, 0) is 51.1 Å². The van der Waals surface area contributed by atoms with Crippen molar-refractivity contribution in [1.82, 2.24) is 15.1 Å². The van der Waals surface area contributed by atoms with Crippen LogP contribution in [0.5, 0.6) is 5.75 Å². The maximum absolute atomic E-state index is 12.8. The van der Waals surface area contributed by atoms with Gasteiger partial charge in [-0.2, -0.15) is 5.10 Å². The number of aromatic nitrogens is 2. The molecular weight excluding hydrogens is 414 g/mol. The van der Waals surface area contributed by atoms with Gasteiger partial charge in [0.2, 0.25) is 5.96 Å². The highest BCUT2D eigenvalue weighted by Crippen LogP contribution is 2.24. The molecule has 0 saturated heterocycles. The molecule has 2 N–H and O–H groups in total. The lowest BCUT2D eigenvalue weighted by atomic mass is 10.2. The van der Waals surface area contributed by atoms with Crippen LogP contribution < -0.4 is 15.4 Å². The van der Waals surface area contributed by atoms with Crippen molar-refractivity contribution in [2.45, 2.75) is 27.3 Å². The van der Waals surface area contributed by atoms with Crippen molar-refractivity contribution in [2.75, 3.05) is 11.9 Å². The number of guanidine groups is 1. The smallest absolute Gasteiger partial charge is 0.258 e. The summed E-state index contributed by atoms with van der Waals surface area (Å²) >= 11 is 6.04. The predicted molar refractivity (Wildman–Crippen MR) is 124 cm³/mol. The van der Waals surface area contributed by atoms with Crippen molar-refractivity contribution in [1.29, 1.82) is 0 Å². The molecule has 0 radical (unpaired) electrons. The number of hydrogen-bond donors (Lipinski definition) is 2. The molecule has 1 heterocycles. The first-order valence-corrected chi connectivity index (χ1v) is 10.4. The molecule has 1 amide bonds. The van der Waals surface area contributed by atoms with Gasteiger partial charge >= 0.3 is 0 Å². The van der Waals surface area contributed by atoms with Crippen LogP contribution in [0.25, 0.3) is 0 Å². The van der Waals surface area contributed by atoms with Crippen molar-refractivity contribution >= 4 is 29.2 Å². The zero-order valence-electron chi connectivity index (χ0n) is 18.1. The molecule has 0 unspecified atom stereocenters. The third-order valence-electron chi connectivity index (χ3n) is 4.81. The van der Waals surface area contributed by atoms with Crippen molar-refractivity contribution in [3.63, 3.8) is 0 Å². The molecule has 1 aromatic heterocycles.